The predicted octanol–water partition coefficient (Wildman–Crippen LogP) is 4.59. The molecule has 0 atom stereocenters. The highest BCUT2D eigenvalue weighted by molar-refractivity contribution is 5.87. The van der Waals surface area contributed by atoms with Gasteiger partial charge in [-0.05, 0) is 53.6 Å². The quantitative estimate of drug-likeness (QED) is 0.402. The fraction of sp³-hybridized carbons (Fsp3) is 0. The molecule has 1 aromatic heterocycles. The van der Waals surface area contributed by atoms with E-state index in [4.69, 9.17) is 4.42 Å². The third kappa shape index (κ3) is 2.61. The van der Waals surface area contributed by atoms with Gasteiger partial charge in [-0.15, -0.1) is 0 Å². The monoisotopic (exact) mass is 334 g/mol. The maximum atomic E-state index is 9.66. The highest BCUT2D eigenvalue weighted by Gasteiger charge is 2.13. The maximum absolute atomic E-state index is 9.66. The van der Waals surface area contributed by atoms with Gasteiger partial charge in [-0.25, -0.2) is 0 Å². The molecule has 5 nitrogen and oxygen atoms in total. The van der Waals surface area contributed by atoms with Gasteiger partial charge in [0.2, 0.25) is 0 Å². The topological polar surface area (TPSA) is 94.1 Å². The highest BCUT2D eigenvalue weighted by atomic mass is 16.3. The third-order valence-electron chi connectivity index (χ3n) is 4.07. The van der Waals surface area contributed by atoms with Crippen molar-refractivity contribution in [3.63, 3.8) is 0 Å². The average Bonchev–Trinajstić information content (AvgIpc) is 3.03. The number of hydrogen-bond donors (Lipinski definition) is 4. The zero-order valence-electron chi connectivity index (χ0n) is 13.0. The van der Waals surface area contributed by atoms with Gasteiger partial charge < -0.3 is 24.8 Å². The molecule has 1 heterocycles. The summed E-state index contributed by atoms with van der Waals surface area (Å²) in [4.78, 5) is 0. The van der Waals surface area contributed by atoms with Crippen LogP contribution in [0.5, 0.6) is 23.0 Å². The van der Waals surface area contributed by atoms with Gasteiger partial charge in [-0.1, -0.05) is 18.2 Å². The largest absolute Gasteiger partial charge is 0.508 e. The first kappa shape index (κ1) is 15.0. The van der Waals surface area contributed by atoms with Crippen molar-refractivity contribution in [1.82, 2.24) is 0 Å². The lowest BCUT2D eigenvalue weighted by Gasteiger charge is -2.03. The Morgan fingerprint density at radius 3 is 1.92 bits per heavy atom. The van der Waals surface area contributed by atoms with E-state index in [0.29, 0.717) is 16.9 Å². The molecule has 5 heteroatoms. The molecule has 0 saturated carbocycles. The van der Waals surface area contributed by atoms with E-state index in [2.05, 4.69) is 0 Å². The number of furan rings is 1. The average molecular weight is 334 g/mol. The molecule has 124 valence electrons. The van der Waals surface area contributed by atoms with Crippen molar-refractivity contribution in [2.24, 2.45) is 0 Å². The standard InChI is InChI=1S/C20H14O5/c21-15-4-1-11(2-5-15)12-3-6-18-13(7-12)10-19(25-18)14-8-16(22)20(24)17(23)9-14/h1-10,21-24H. The van der Waals surface area contributed by atoms with Crippen LogP contribution in [0.25, 0.3) is 33.4 Å². The summed E-state index contributed by atoms with van der Waals surface area (Å²) in [5.74, 6) is -0.721. The number of rotatable bonds is 2. The van der Waals surface area contributed by atoms with Crippen LogP contribution in [0.3, 0.4) is 0 Å². The fourth-order valence-corrected chi connectivity index (χ4v) is 2.77. The normalized spacial score (nSPS) is 11.0. The van der Waals surface area contributed by atoms with Crippen LogP contribution in [0, 0.1) is 0 Å². The molecule has 0 aliphatic heterocycles. The van der Waals surface area contributed by atoms with Crippen molar-refractivity contribution in [1.29, 1.82) is 0 Å². The van der Waals surface area contributed by atoms with Crippen molar-refractivity contribution in [2.45, 2.75) is 0 Å². The summed E-state index contributed by atoms with van der Waals surface area (Å²) in [6.07, 6.45) is 0. The van der Waals surface area contributed by atoms with Crippen molar-refractivity contribution >= 4 is 11.0 Å². The molecule has 0 aliphatic rings. The predicted molar refractivity (Wildman–Crippen MR) is 93.7 cm³/mol. The summed E-state index contributed by atoms with van der Waals surface area (Å²) >= 11 is 0. The molecule has 0 fully saturated rings. The molecule has 0 saturated heterocycles. The second-order valence-electron chi connectivity index (χ2n) is 5.77. The molecule has 0 aliphatic carbocycles. The van der Waals surface area contributed by atoms with E-state index in [9.17, 15) is 20.4 Å². The Kier molecular flexibility index (Phi) is 3.28. The van der Waals surface area contributed by atoms with Gasteiger partial charge in [-0.2, -0.15) is 0 Å². The number of phenolic OH excluding ortho intramolecular Hbond substituents is 4. The van der Waals surface area contributed by atoms with Crippen molar-refractivity contribution in [3.05, 3.63) is 60.7 Å². The minimum absolute atomic E-state index is 0.211. The van der Waals surface area contributed by atoms with Gasteiger partial charge >= 0.3 is 0 Å². The minimum Gasteiger partial charge on any atom is -0.508 e. The van der Waals surface area contributed by atoms with Crippen LogP contribution in [0.2, 0.25) is 0 Å². The van der Waals surface area contributed by atoms with E-state index < -0.39 is 17.2 Å². The van der Waals surface area contributed by atoms with Crippen LogP contribution in [0.4, 0.5) is 0 Å². The lowest BCUT2D eigenvalue weighted by atomic mass is 10.0. The van der Waals surface area contributed by atoms with Crippen molar-refractivity contribution < 1.29 is 24.8 Å². The van der Waals surface area contributed by atoms with E-state index >= 15 is 0 Å². The Balaban J connectivity index is 1.79. The lowest BCUT2D eigenvalue weighted by Crippen LogP contribution is -1.76. The lowest BCUT2D eigenvalue weighted by molar-refractivity contribution is 0.368. The van der Waals surface area contributed by atoms with Gasteiger partial charge in [-0.3, -0.25) is 0 Å². The first-order valence-electron chi connectivity index (χ1n) is 7.59. The number of aromatic hydroxyl groups is 4. The summed E-state index contributed by atoms with van der Waals surface area (Å²) < 4.78 is 5.77. The summed E-state index contributed by atoms with van der Waals surface area (Å²) in [7, 11) is 0. The minimum atomic E-state index is -0.561. The first-order valence-corrected chi connectivity index (χ1v) is 7.59. The second kappa shape index (κ2) is 5.49. The van der Waals surface area contributed by atoms with Gasteiger partial charge in [0.1, 0.15) is 17.1 Å². The van der Waals surface area contributed by atoms with Gasteiger partial charge in [0.05, 0.1) is 0 Å². The second-order valence-corrected chi connectivity index (χ2v) is 5.77. The van der Waals surface area contributed by atoms with Crippen LogP contribution >= 0.6 is 0 Å². The molecule has 0 spiro atoms. The molecule has 0 radical (unpaired) electrons. The molecular formula is C20H14O5. The fourth-order valence-electron chi connectivity index (χ4n) is 2.77. The van der Waals surface area contributed by atoms with E-state index in [1.807, 2.05) is 30.3 Å². The van der Waals surface area contributed by atoms with Crippen molar-refractivity contribution in [2.75, 3.05) is 0 Å². The molecule has 0 amide bonds. The van der Waals surface area contributed by atoms with Gasteiger partial charge in [0.15, 0.2) is 17.2 Å². The number of benzene rings is 3. The third-order valence-corrected chi connectivity index (χ3v) is 4.07. The summed E-state index contributed by atoms with van der Waals surface area (Å²) in [6, 6.07) is 17.1. The Morgan fingerprint density at radius 2 is 1.24 bits per heavy atom. The Bertz CT molecular complexity index is 1050. The van der Waals surface area contributed by atoms with Crippen LogP contribution in [0.15, 0.2) is 65.1 Å². The van der Waals surface area contributed by atoms with Crippen LogP contribution in [-0.2, 0) is 0 Å². The van der Waals surface area contributed by atoms with Gasteiger partial charge in [0, 0.05) is 10.9 Å². The summed E-state index contributed by atoms with van der Waals surface area (Å²) in [6.45, 7) is 0. The SMILES string of the molecule is Oc1ccc(-c2ccc3oc(-c4cc(O)c(O)c(O)c4)cc3c2)cc1. The molecule has 25 heavy (non-hydrogen) atoms. The highest BCUT2D eigenvalue weighted by Crippen LogP contribution is 2.40. The van der Waals surface area contributed by atoms with E-state index in [1.165, 1.54) is 12.1 Å². The molecule has 4 rings (SSSR count). The Morgan fingerprint density at radius 1 is 0.600 bits per heavy atom. The summed E-state index contributed by atoms with van der Waals surface area (Å²) in [5.41, 5.74) is 3.04. The number of hydrogen-bond acceptors (Lipinski definition) is 5. The number of fused-ring (bicyclic) bond motifs is 1. The maximum Gasteiger partial charge on any atom is 0.200 e. The Labute approximate surface area is 142 Å². The zero-order chi connectivity index (χ0) is 17.6. The first-order chi connectivity index (χ1) is 12.0. The molecular weight excluding hydrogens is 320 g/mol. The van der Waals surface area contributed by atoms with Crippen LogP contribution < -0.4 is 0 Å². The zero-order valence-corrected chi connectivity index (χ0v) is 13.0. The van der Waals surface area contributed by atoms with Crippen LogP contribution in [0.1, 0.15) is 0 Å². The van der Waals surface area contributed by atoms with Gasteiger partial charge in [0.25, 0.3) is 0 Å². The van der Waals surface area contributed by atoms with Crippen LogP contribution in [-0.4, -0.2) is 20.4 Å². The summed E-state index contributed by atoms with van der Waals surface area (Å²) in [5, 5.41) is 39.0. The van der Waals surface area contributed by atoms with Crippen molar-refractivity contribution in [3.8, 4) is 45.4 Å². The van der Waals surface area contributed by atoms with E-state index in [1.54, 1.807) is 18.2 Å². The molecule has 0 bridgehead atoms. The number of phenols is 4. The van der Waals surface area contributed by atoms with E-state index in [-0.39, 0.29) is 5.75 Å². The Hall–Kier alpha value is -3.60. The smallest absolute Gasteiger partial charge is 0.200 e. The molecule has 0 unspecified atom stereocenters. The molecule has 4 aromatic rings. The molecule has 4 N–H and O–H groups in total. The van der Waals surface area contributed by atoms with E-state index in [0.717, 1.165) is 16.5 Å². The molecule has 3 aromatic carbocycles.